The van der Waals surface area contributed by atoms with Gasteiger partial charge in [-0.15, -0.1) is 0 Å². The molecule has 69 heavy (non-hydrogen) atoms. The van der Waals surface area contributed by atoms with Crippen molar-refractivity contribution in [3.63, 3.8) is 0 Å². The summed E-state index contributed by atoms with van der Waals surface area (Å²) in [5.41, 5.74) is 19.8. The second-order valence-electron chi connectivity index (χ2n) is 15.7. The third-order valence-electron chi connectivity index (χ3n) is 10.6. The zero-order valence-electron chi connectivity index (χ0n) is 38.5. The number of hydrogen-bond acceptors (Lipinski definition) is 10. The number of rotatable bonds is 20. The Kier molecular flexibility index (Phi) is 20.9. The fraction of sp³-hybridized carbons (Fsp3) is 0.218. The summed E-state index contributed by atoms with van der Waals surface area (Å²) in [4.78, 5) is 70.8. The molecule has 2 amide bonds. The van der Waals surface area contributed by atoms with Crippen LogP contribution in [0.3, 0.4) is 0 Å². The molecule has 0 fully saturated rings. The van der Waals surface area contributed by atoms with E-state index in [0.29, 0.717) is 50.0 Å². The highest BCUT2D eigenvalue weighted by molar-refractivity contribution is 6.49. The van der Waals surface area contributed by atoms with Crippen LogP contribution in [0, 0.1) is 0 Å². The van der Waals surface area contributed by atoms with Gasteiger partial charge in [0.25, 0.3) is 5.91 Å². The first-order valence-corrected chi connectivity index (χ1v) is 22.8. The van der Waals surface area contributed by atoms with E-state index in [0.717, 1.165) is 41.5 Å². The van der Waals surface area contributed by atoms with Crippen LogP contribution < -0.4 is 22.5 Å². The van der Waals surface area contributed by atoms with Gasteiger partial charge in [0.1, 0.15) is 13.2 Å². The van der Waals surface area contributed by atoms with E-state index in [9.17, 15) is 24.0 Å². The van der Waals surface area contributed by atoms with Gasteiger partial charge in [-0.1, -0.05) is 188 Å². The van der Waals surface area contributed by atoms with Crippen LogP contribution in [0.4, 0.5) is 4.79 Å². The first kappa shape index (κ1) is 51.6. The van der Waals surface area contributed by atoms with Crippen molar-refractivity contribution >= 4 is 41.5 Å². The zero-order chi connectivity index (χ0) is 49.1. The summed E-state index contributed by atoms with van der Waals surface area (Å²) in [5, 5.41) is 2.67. The van der Waals surface area contributed by atoms with Gasteiger partial charge in [0.2, 0.25) is 11.6 Å². The van der Waals surface area contributed by atoms with Gasteiger partial charge in [0.15, 0.2) is 17.5 Å². The molecule has 0 radical (unpaired) electrons. The normalized spacial score (nSPS) is 12.1. The van der Waals surface area contributed by atoms with E-state index in [1.54, 1.807) is 53.4 Å². The molecule has 356 valence electrons. The number of guanidine groups is 2. The van der Waals surface area contributed by atoms with Gasteiger partial charge < -0.3 is 32.0 Å². The summed E-state index contributed by atoms with van der Waals surface area (Å²) in [6.07, 6.45) is 3.74. The minimum Gasteiger partial charge on any atom is -0.461 e. The van der Waals surface area contributed by atoms with Crippen LogP contribution in [0.1, 0.15) is 81.5 Å². The molecule has 1 aliphatic rings. The van der Waals surface area contributed by atoms with Gasteiger partial charge in [-0.05, 0) is 47.9 Å². The lowest BCUT2D eigenvalue weighted by atomic mass is 9.83. The molecule has 0 saturated heterocycles. The van der Waals surface area contributed by atoms with Crippen molar-refractivity contribution in [1.29, 1.82) is 0 Å². The Morgan fingerprint density at radius 2 is 1.01 bits per heavy atom. The van der Waals surface area contributed by atoms with E-state index in [4.69, 9.17) is 31.7 Å². The summed E-state index contributed by atoms with van der Waals surface area (Å²) in [6.45, 7) is 2.14. The lowest BCUT2D eigenvalue weighted by Crippen LogP contribution is -2.44. The average Bonchev–Trinajstić information content (AvgIpc) is 3.65. The molecule has 1 heterocycles. The summed E-state index contributed by atoms with van der Waals surface area (Å²) in [7, 11) is 0. The van der Waals surface area contributed by atoms with E-state index in [-0.39, 0.29) is 37.0 Å². The van der Waals surface area contributed by atoms with Crippen molar-refractivity contribution < 1.29 is 33.4 Å². The molecule has 14 nitrogen and oxygen atoms in total. The lowest BCUT2D eigenvalue weighted by molar-refractivity contribution is -0.145. The van der Waals surface area contributed by atoms with Crippen LogP contribution in [0.2, 0.25) is 0 Å². The van der Waals surface area contributed by atoms with Crippen molar-refractivity contribution in [2.24, 2.45) is 27.2 Å². The van der Waals surface area contributed by atoms with Gasteiger partial charge >= 0.3 is 12.1 Å². The molecule has 7 rings (SSSR count). The number of nitrogens with zero attached hydrogens (tertiary/aromatic N) is 3. The number of nitrogens with one attached hydrogen (secondary N) is 1. The fourth-order valence-corrected chi connectivity index (χ4v) is 7.07. The quantitative estimate of drug-likeness (QED) is 0.0144. The van der Waals surface area contributed by atoms with E-state index in [1.165, 1.54) is 0 Å². The largest absolute Gasteiger partial charge is 0.461 e. The van der Waals surface area contributed by atoms with Crippen LogP contribution in [-0.2, 0) is 37.8 Å². The van der Waals surface area contributed by atoms with Crippen molar-refractivity contribution in [3.05, 3.63) is 215 Å². The molecule has 7 N–H and O–H groups in total. The Morgan fingerprint density at radius 1 is 0.565 bits per heavy atom. The Balaban J connectivity index is 0.000000214. The smallest absolute Gasteiger partial charge is 0.407 e. The predicted molar refractivity (Wildman–Crippen MR) is 268 cm³/mol. The molecule has 0 unspecified atom stereocenters. The maximum atomic E-state index is 13.7. The summed E-state index contributed by atoms with van der Waals surface area (Å²) in [5.74, 6) is -0.979. The number of Topliss-reactive ketones (excluding diaryl/α,β-unsaturated/α-hetero) is 2. The molecule has 0 bridgehead atoms. The molecule has 1 aliphatic heterocycles. The fourth-order valence-electron chi connectivity index (χ4n) is 7.07. The number of ether oxygens (including phenoxy) is 2. The van der Waals surface area contributed by atoms with Crippen molar-refractivity contribution in [1.82, 2.24) is 10.2 Å². The van der Waals surface area contributed by atoms with Crippen molar-refractivity contribution in [2.75, 3.05) is 19.6 Å². The van der Waals surface area contributed by atoms with Crippen LogP contribution in [0.5, 0.6) is 0 Å². The molecule has 0 spiro atoms. The van der Waals surface area contributed by atoms with Crippen molar-refractivity contribution in [2.45, 2.75) is 57.3 Å². The predicted octanol–water partition coefficient (Wildman–Crippen LogP) is 8.11. The van der Waals surface area contributed by atoms with Crippen LogP contribution >= 0.6 is 0 Å². The Morgan fingerprint density at radius 3 is 1.49 bits per heavy atom. The van der Waals surface area contributed by atoms with E-state index >= 15 is 0 Å². The molecule has 6 aromatic rings. The maximum Gasteiger partial charge on any atom is 0.407 e. The number of aliphatic imine (C=N–C) groups is 2. The summed E-state index contributed by atoms with van der Waals surface area (Å²) >= 11 is 0. The van der Waals surface area contributed by atoms with Crippen LogP contribution in [0.25, 0.3) is 0 Å². The highest BCUT2D eigenvalue weighted by Gasteiger charge is 2.50. The molecular weight excluding hydrogens is 871 g/mol. The minimum absolute atomic E-state index is 0.0928. The first-order chi connectivity index (χ1) is 33.6. The number of esters is 1. The van der Waals surface area contributed by atoms with Gasteiger partial charge in [0, 0.05) is 37.2 Å². The van der Waals surface area contributed by atoms with E-state index in [2.05, 4.69) is 10.3 Å². The molecule has 6 aromatic carbocycles. The number of hydrogen-bond donors (Lipinski definition) is 4. The van der Waals surface area contributed by atoms with Gasteiger partial charge in [-0.2, -0.15) is 0 Å². The third-order valence-corrected chi connectivity index (χ3v) is 10.6. The standard InChI is InChI=1S/C28H29N3O3.C14H10O2.C13H20N4O2/c29-27-30-28(23-15-7-2-8-16-23,24-17-9-3-10-18-24)26(33)31(27)20-12-4-11-19-25(32)34-21-22-13-5-1-6-14-22;15-13(11-7-3-1-4-8-11)14(16)12-9-5-2-6-10-12;14-12(15)16-8-4-5-9-17-13(18)19-10-11-6-2-1-3-7-11/h1-3,5-10,13-18H,4,11-12,19-21H2,(H2,29,30);1-10H;1-3,6-7H,4-5,8-10H2,(H,17,18)(H4,14,15,16). The number of ketones is 2. The number of benzene rings is 6. The number of carbonyl (C=O) groups is 5. The van der Waals surface area contributed by atoms with E-state index < -0.39 is 23.2 Å². The Bertz CT molecular complexity index is 2490. The molecule has 14 heteroatoms. The highest BCUT2D eigenvalue weighted by Crippen LogP contribution is 2.39. The SMILES string of the molecule is NC(N)=NCCCCNC(=O)OCc1ccccc1.NC1=NC(c2ccccc2)(c2ccccc2)C(=O)N1CCCCCC(=O)OCc1ccccc1.O=C(C(=O)c1ccccc1)c1ccccc1. The lowest BCUT2D eigenvalue weighted by Gasteiger charge is -2.27. The summed E-state index contributed by atoms with van der Waals surface area (Å²) in [6, 6.07) is 55.4. The second-order valence-corrected chi connectivity index (χ2v) is 15.7. The molecule has 0 atom stereocenters. The Hall–Kier alpha value is -8.39. The van der Waals surface area contributed by atoms with Crippen LogP contribution in [-0.4, -0.2) is 66.0 Å². The third kappa shape index (κ3) is 16.5. The van der Waals surface area contributed by atoms with E-state index in [1.807, 2.05) is 133 Å². The van der Waals surface area contributed by atoms with Crippen molar-refractivity contribution in [3.8, 4) is 0 Å². The molecule has 0 aromatic heterocycles. The van der Waals surface area contributed by atoms with Gasteiger partial charge in [-0.3, -0.25) is 29.1 Å². The monoisotopic (exact) mass is 929 g/mol. The highest BCUT2D eigenvalue weighted by atomic mass is 16.5. The second kappa shape index (κ2) is 27.9. The van der Waals surface area contributed by atoms with Gasteiger partial charge in [-0.25, -0.2) is 9.79 Å². The number of amides is 2. The number of nitrogens with two attached hydrogens (primary N) is 3. The molecule has 0 aliphatic carbocycles. The number of carbonyl (C=O) groups excluding carboxylic acids is 5. The number of unbranched alkanes of at least 4 members (excludes halogenated alkanes) is 3. The number of alkyl carbamates (subject to hydrolysis) is 1. The maximum absolute atomic E-state index is 13.7. The summed E-state index contributed by atoms with van der Waals surface area (Å²) < 4.78 is 10.4. The first-order valence-electron chi connectivity index (χ1n) is 22.8. The topological polar surface area (TPSA) is 222 Å². The average molecular weight is 930 g/mol. The Labute approximate surface area is 403 Å². The zero-order valence-corrected chi connectivity index (χ0v) is 38.5. The van der Waals surface area contributed by atoms with Crippen LogP contribution in [0.15, 0.2) is 192 Å². The minimum atomic E-state index is -1.17. The van der Waals surface area contributed by atoms with Gasteiger partial charge in [0.05, 0.1) is 0 Å². The molecule has 0 saturated carbocycles. The molecular formula is C55H59N7O7.